The van der Waals surface area contributed by atoms with Crippen molar-refractivity contribution in [2.45, 2.75) is 6.42 Å². The molecule has 1 heterocycles. The number of carbonyl (C=O) groups is 1. The van der Waals surface area contributed by atoms with Crippen molar-refractivity contribution < 1.29 is 9.90 Å². The molecule has 0 fully saturated rings. The van der Waals surface area contributed by atoms with Crippen molar-refractivity contribution in [2.24, 2.45) is 7.05 Å². The molecule has 14 heavy (non-hydrogen) atoms. The lowest BCUT2D eigenvalue weighted by Crippen LogP contribution is -2.06. The summed E-state index contributed by atoms with van der Waals surface area (Å²) >= 11 is 0. The normalized spacial score (nSPS) is 10.6. The third-order valence-electron chi connectivity index (χ3n) is 2.19. The molecule has 0 aliphatic heterocycles. The molecule has 0 radical (unpaired) electrons. The van der Waals surface area contributed by atoms with Crippen LogP contribution >= 0.6 is 0 Å². The molecule has 2 aromatic rings. The van der Waals surface area contributed by atoms with Gasteiger partial charge in [0, 0.05) is 7.05 Å². The van der Waals surface area contributed by atoms with Crippen LogP contribution in [0.4, 0.5) is 0 Å². The summed E-state index contributed by atoms with van der Waals surface area (Å²) in [7, 11) is 1.83. The molecule has 0 atom stereocenters. The predicted octanol–water partition coefficient (Wildman–Crippen LogP) is 1.20. The number of nitrogens with zero attached hydrogens (tertiary/aromatic N) is 2. The lowest BCUT2D eigenvalue weighted by Gasteiger charge is -1.97. The molecule has 4 nitrogen and oxygen atoms in total. The first-order valence-corrected chi connectivity index (χ1v) is 4.30. The zero-order chi connectivity index (χ0) is 10.1. The highest BCUT2D eigenvalue weighted by Gasteiger charge is 2.09. The fraction of sp³-hybridized carbons (Fsp3) is 0.200. The van der Waals surface area contributed by atoms with E-state index in [-0.39, 0.29) is 6.42 Å². The number of hydrogen-bond donors (Lipinski definition) is 1. The van der Waals surface area contributed by atoms with E-state index in [0.29, 0.717) is 5.82 Å². The molecule has 0 aliphatic rings. The average Bonchev–Trinajstić information content (AvgIpc) is 2.44. The van der Waals surface area contributed by atoms with Gasteiger partial charge < -0.3 is 9.67 Å². The van der Waals surface area contributed by atoms with Gasteiger partial charge in [-0.2, -0.15) is 0 Å². The van der Waals surface area contributed by atoms with Gasteiger partial charge >= 0.3 is 5.97 Å². The number of aryl methyl sites for hydroxylation is 1. The summed E-state index contributed by atoms with van der Waals surface area (Å²) in [6, 6.07) is 7.60. The average molecular weight is 190 g/mol. The van der Waals surface area contributed by atoms with Crippen LogP contribution in [-0.4, -0.2) is 20.6 Å². The maximum absolute atomic E-state index is 10.5. The Balaban J connectivity index is 2.57. The highest BCUT2D eigenvalue weighted by atomic mass is 16.4. The predicted molar refractivity (Wildman–Crippen MR) is 52.1 cm³/mol. The fourth-order valence-electron chi connectivity index (χ4n) is 1.49. The number of fused-ring (bicyclic) bond motifs is 1. The van der Waals surface area contributed by atoms with E-state index in [1.807, 2.05) is 35.9 Å². The number of aromatic nitrogens is 2. The van der Waals surface area contributed by atoms with Gasteiger partial charge in [-0.25, -0.2) is 4.98 Å². The maximum atomic E-state index is 10.5. The van der Waals surface area contributed by atoms with Crippen LogP contribution in [0.3, 0.4) is 0 Å². The number of hydrogen-bond acceptors (Lipinski definition) is 2. The van der Waals surface area contributed by atoms with Crippen LogP contribution in [0.25, 0.3) is 11.0 Å². The minimum atomic E-state index is -0.858. The molecule has 2 rings (SSSR count). The van der Waals surface area contributed by atoms with E-state index in [1.165, 1.54) is 0 Å². The van der Waals surface area contributed by atoms with Gasteiger partial charge in [0.05, 0.1) is 11.0 Å². The molecule has 0 spiro atoms. The molecule has 0 amide bonds. The third kappa shape index (κ3) is 1.35. The van der Waals surface area contributed by atoms with Gasteiger partial charge in [0.15, 0.2) is 0 Å². The Bertz CT molecular complexity index is 488. The van der Waals surface area contributed by atoms with Gasteiger partial charge in [0.25, 0.3) is 0 Å². The number of carboxylic acid groups (broad SMARTS) is 1. The number of para-hydroxylation sites is 2. The number of rotatable bonds is 2. The van der Waals surface area contributed by atoms with Crippen molar-refractivity contribution in [3.05, 3.63) is 30.1 Å². The monoisotopic (exact) mass is 190 g/mol. The van der Waals surface area contributed by atoms with Crippen molar-refractivity contribution in [1.82, 2.24) is 9.55 Å². The van der Waals surface area contributed by atoms with E-state index in [4.69, 9.17) is 5.11 Å². The smallest absolute Gasteiger partial charge is 0.311 e. The second-order valence-corrected chi connectivity index (χ2v) is 3.15. The Hall–Kier alpha value is -1.84. The van der Waals surface area contributed by atoms with Gasteiger partial charge in [0.1, 0.15) is 12.2 Å². The minimum Gasteiger partial charge on any atom is -0.481 e. The molecule has 0 saturated carbocycles. The quantitative estimate of drug-likeness (QED) is 0.774. The first kappa shape index (κ1) is 8.74. The van der Waals surface area contributed by atoms with Gasteiger partial charge in [-0.3, -0.25) is 4.79 Å². The lowest BCUT2D eigenvalue weighted by molar-refractivity contribution is -0.136. The summed E-state index contributed by atoms with van der Waals surface area (Å²) in [5, 5.41) is 8.66. The highest BCUT2D eigenvalue weighted by molar-refractivity contribution is 5.77. The molecule has 1 N–H and O–H groups in total. The molecule has 0 aliphatic carbocycles. The second-order valence-electron chi connectivity index (χ2n) is 3.15. The van der Waals surface area contributed by atoms with E-state index >= 15 is 0 Å². The second kappa shape index (κ2) is 3.14. The highest BCUT2D eigenvalue weighted by Crippen LogP contribution is 2.14. The van der Waals surface area contributed by atoms with Gasteiger partial charge in [0.2, 0.25) is 0 Å². The Labute approximate surface area is 80.8 Å². The summed E-state index contributed by atoms with van der Waals surface area (Å²) in [5.74, 6) is -0.276. The van der Waals surface area contributed by atoms with E-state index < -0.39 is 5.97 Å². The largest absolute Gasteiger partial charge is 0.481 e. The summed E-state index contributed by atoms with van der Waals surface area (Å²) < 4.78 is 1.81. The number of aliphatic carboxylic acids is 1. The number of carboxylic acids is 1. The van der Waals surface area contributed by atoms with E-state index in [0.717, 1.165) is 11.0 Å². The van der Waals surface area contributed by atoms with Gasteiger partial charge in [-0.15, -0.1) is 0 Å². The maximum Gasteiger partial charge on any atom is 0.311 e. The van der Waals surface area contributed by atoms with Crippen molar-refractivity contribution in [3.63, 3.8) is 0 Å². The van der Waals surface area contributed by atoms with Crippen molar-refractivity contribution in [3.8, 4) is 0 Å². The standard InChI is InChI=1S/C10H10N2O2/c1-12-8-5-3-2-4-7(8)11-9(12)6-10(13)14/h2-5H,6H2,1H3,(H,13,14). The van der Waals surface area contributed by atoms with E-state index in [1.54, 1.807) is 0 Å². The van der Waals surface area contributed by atoms with Gasteiger partial charge in [-0.05, 0) is 12.1 Å². The van der Waals surface area contributed by atoms with Crippen molar-refractivity contribution >= 4 is 17.0 Å². The Morgan fingerprint density at radius 3 is 2.86 bits per heavy atom. The van der Waals surface area contributed by atoms with Crippen LogP contribution in [0.5, 0.6) is 0 Å². The summed E-state index contributed by atoms with van der Waals surface area (Å²) in [4.78, 5) is 14.8. The molecule has 0 unspecified atom stereocenters. The summed E-state index contributed by atoms with van der Waals surface area (Å²) in [6.45, 7) is 0. The Morgan fingerprint density at radius 2 is 2.21 bits per heavy atom. The molecule has 1 aromatic heterocycles. The van der Waals surface area contributed by atoms with Crippen LogP contribution in [-0.2, 0) is 18.3 Å². The van der Waals surface area contributed by atoms with E-state index in [2.05, 4.69) is 4.98 Å². The molecular formula is C10H10N2O2. The summed E-state index contributed by atoms with van der Waals surface area (Å²) in [6.07, 6.45) is -0.0365. The molecule has 0 bridgehead atoms. The first-order chi connectivity index (χ1) is 6.68. The van der Waals surface area contributed by atoms with Crippen molar-refractivity contribution in [1.29, 1.82) is 0 Å². The molecule has 0 saturated heterocycles. The SMILES string of the molecule is Cn1c(CC(=O)O)nc2ccccc21. The van der Waals surface area contributed by atoms with Crippen LogP contribution in [0.2, 0.25) is 0 Å². The van der Waals surface area contributed by atoms with Crippen LogP contribution < -0.4 is 0 Å². The molecule has 4 heteroatoms. The Morgan fingerprint density at radius 1 is 1.50 bits per heavy atom. The van der Waals surface area contributed by atoms with Crippen molar-refractivity contribution in [2.75, 3.05) is 0 Å². The topological polar surface area (TPSA) is 55.1 Å². The number of imidazole rings is 1. The molecule has 72 valence electrons. The third-order valence-corrected chi connectivity index (χ3v) is 2.19. The van der Waals surface area contributed by atoms with Crippen LogP contribution in [0.15, 0.2) is 24.3 Å². The minimum absolute atomic E-state index is 0.0365. The van der Waals surface area contributed by atoms with Gasteiger partial charge in [-0.1, -0.05) is 12.1 Å². The van der Waals surface area contributed by atoms with Crippen LogP contribution in [0.1, 0.15) is 5.82 Å². The summed E-state index contributed by atoms with van der Waals surface area (Å²) in [5.41, 5.74) is 1.80. The zero-order valence-electron chi connectivity index (χ0n) is 7.77. The number of benzene rings is 1. The zero-order valence-corrected chi connectivity index (χ0v) is 7.77. The molecule has 1 aromatic carbocycles. The van der Waals surface area contributed by atoms with Crippen LogP contribution in [0, 0.1) is 0 Å². The van der Waals surface area contributed by atoms with E-state index in [9.17, 15) is 4.79 Å². The lowest BCUT2D eigenvalue weighted by atomic mass is 10.3. The Kier molecular flexibility index (Phi) is 1.96. The molecular weight excluding hydrogens is 180 g/mol. The fourth-order valence-corrected chi connectivity index (χ4v) is 1.49. The first-order valence-electron chi connectivity index (χ1n) is 4.30.